The molecule has 4 nitrogen and oxygen atoms in total. The molecule has 1 N–H and O–H groups in total. The van der Waals surface area contributed by atoms with E-state index in [2.05, 4.69) is 5.32 Å². The zero-order chi connectivity index (χ0) is 20.5. The van der Waals surface area contributed by atoms with Crippen LogP contribution in [0.4, 0.5) is 4.39 Å². The van der Waals surface area contributed by atoms with Crippen molar-refractivity contribution in [2.75, 3.05) is 6.54 Å². The molecule has 0 radical (unpaired) electrons. The van der Waals surface area contributed by atoms with Crippen LogP contribution in [0.25, 0.3) is 0 Å². The van der Waals surface area contributed by atoms with Gasteiger partial charge in [-0.3, -0.25) is 9.59 Å². The van der Waals surface area contributed by atoms with Gasteiger partial charge in [0.1, 0.15) is 11.9 Å². The van der Waals surface area contributed by atoms with E-state index in [1.165, 1.54) is 11.0 Å². The molecule has 28 heavy (non-hydrogen) atoms. The summed E-state index contributed by atoms with van der Waals surface area (Å²) in [6, 6.07) is 12.9. The Hall–Kier alpha value is -2.40. The average Bonchev–Trinajstić information content (AvgIpc) is 2.70. The van der Waals surface area contributed by atoms with Crippen LogP contribution in [0.3, 0.4) is 0 Å². The van der Waals surface area contributed by atoms with Crippen LogP contribution in [0.15, 0.2) is 48.5 Å². The van der Waals surface area contributed by atoms with E-state index in [0.29, 0.717) is 23.6 Å². The molecule has 2 aromatic rings. The zero-order valence-corrected chi connectivity index (χ0v) is 17.0. The number of nitrogens with zero attached hydrogens (tertiary/aromatic N) is 1. The number of amides is 2. The maximum Gasteiger partial charge on any atom is 0.242 e. The highest BCUT2D eigenvalue weighted by Gasteiger charge is 2.26. The Bertz CT molecular complexity index is 813. The second-order valence-corrected chi connectivity index (χ2v) is 7.08. The quantitative estimate of drug-likeness (QED) is 0.675. The lowest BCUT2D eigenvalue weighted by atomic mass is 10.1. The molecule has 2 rings (SSSR count). The Morgan fingerprint density at radius 1 is 1.11 bits per heavy atom. The van der Waals surface area contributed by atoms with Crippen LogP contribution in [-0.4, -0.2) is 29.3 Å². The van der Waals surface area contributed by atoms with Gasteiger partial charge in [0.2, 0.25) is 11.8 Å². The summed E-state index contributed by atoms with van der Waals surface area (Å²) in [6.07, 6.45) is 1.44. The van der Waals surface area contributed by atoms with Crippen molar-refractivity contribution < 1.29 is 14.0 Å². The largest absolute Gasteiger partial charge is 0.354 e. The molecule has 2 amide bonds. The van der Waals surface area contributed by atoms with Crippen molar-refractivity contribution in [3.63, 3.8) is 0 Å². The average molecular weight is 405 g/mol. The third kappa shape index (κ3) is 6.06. The van der Waals surface area contributed by atoms with Crippen molar-refractivity contribution >= 4 is 23.4 Å². The number of hydrogen-bond donors (Lipinski definition) is 1. The van der Waals surface area contributed by atoms with Gasteiger partial charge in [-0.15, -0.1) is 0 Å². The van der Waals surface area contributed by atoms with Gasteiger partial charge in [-0.2, -0.15) is 0 Å². The number of carbonyl (C=O) groups is 2. The molecule has 0 spiro atoms. The third-order valence-electron chi connectivity index (χ3n) is 4.58. The first-order chi connectivity index (χ1) is 13.4. The maximum atomic E-state index is 14.1. The summed E-state index contributed by atoms with van der Waals surface area (Å²) in [6.45, 7) is 4.19. The number of nitrogens with one attached hydrogen (secondary N) is 1. The first kappa shape index (κ1) is 21.9. The lowest BCUT2D eigenvalue weighted by Crippen LogP contribution is -2.48. The van der Waals surface area contributed by atoms with Crippen molar-refractivity contribution in [1.29, 1.82) is 0 Å². The van der Waals surface area contributed by atoms with Crippen molar-refractivity contribution in [2.45, 2.75) is 45.7 Å². The van der Waals surface area contributed by atoms with Gasteiger partial charge in [-0.05, 0) is 37.5 Å². The van der Waals surface area contributed by atoms with Crippen LogP contribution >= 0.6 is 11.6 Å². The lowest BCUT2D eigenvalue weighted by molar-refractivity contribution is -0.140. The lowest BCUT2D eigenvalue weighted by Gasteiger charge is -2.29. The molecule has 0 aromatic heterocycles. The Morgan fingerprint density at radius 3 is 2.39 bits per heavy atom. The summed E-state index contributed by atoms with van der Waals surface area (Å²) in [5.41, 5.74) is 1.25. The normalized spacial score (nSPS) is 11.7. The van der Waals surface area contributed by atoms with Crippen molar-refractivity contribution in [3.8, 4) is 0 Å². The minimum atomic E-state index is -0.704. The van der Waals surface area contributed by atoms with Gasteiger partial charge in [0, 0.05) is 30.1 Å². The van der Waals surface area contributed by atoms with E-state index in [-0.39, 0.29) is 24.8 Å². The first-order valence-electron chi connectivity index (χ1n) is 9.48. The van der Waals surface area contributed by atoms with E-state index in [0.717, 1.165) is 12.0 Å². The van der Waals surface area contributed by atoms with Gasteiger partial charge in [-0.1, -0.05) is 54.9 Å². The fraction of sp³-hybridized carbons (Fsp3) is 0.364. The molecular weight excluding hydrogens is 379 g/mol. The number of hydrogen-bond acceptors (Lipinski definition) is 2. The summed E-state index contributed by atoms with van der Waals surface area (Å²) in [5, 5.41) is 3.40. The molecule has 0 saturated heterocycles. The van der Waals surface area contributed by atoms with Crippen LogP contribution in [0, 0.1) is 5.82 Å². The third-order valence-corrected chi connectivity index (χ3v) is 4.95. The Morgan fingerprint density at radius 2 is 1.75 bits per heavy atom. The summed E-state index contributed by atoms with van der Waals surface area (Å²) in [7, 11) is 0. The second-order valence-electron chi connectivity index (χ2n) is 6.67. The topological polar surface area (TPSA) is 49.4 Å². The highest BCUT2D eigenvalue weighted by Crippen LogP contribution is 2.19. The molecule has 0 aliphatic carbocycles. The molecule has 0 heterocycles. The molecule has 0 saturated carbocycles. The molecule has 0 fully saturated rings. The fourth-order valence-electron chi connectivity index (χ4n) is 2.88. The molecule has 1 atom stereocenters. The van der Waals surface area contributed by atoms with E-state index in [1.807, 2.05) is 25.1 Å². The van der Waals surface area contributed by atoms with E-state index in [4.69, 9.17) is 11.6 Å². The highest BCUT2D eigenvalue weighted by atomic mass is 35.5. The highest BCUT2D eigenvalue weighted by molar-refractivity contribution is 6.31. The molecule has 0 aliphatic rings. The molecule has 0 aliphatic heterocycles. The van der Waals surface area contributed by atoms with Crippen LogP contribution in [0.5, 0.6) is 0 Å². The van der Waals surface area contributed by atoms with Gasteiger partial charge in [0.05, 0.1) is 0 Å². The summed E-state index contributed by atoms with van der Waals surface area (Å²) in [4.78, 5) is 26.8. The Labute approximate surface area is 170 Å². The summed E-state index contributed by atoms with van der Waals surface area (Å²) >= 11 is 6.17. The predicted molar refractivity (Wildman–Crippen MR) is 109 cm³/mol. The van der Waals surface area contributed by atoms with E-state index in [1.54, 1.807) is 31.2 Å². The summed E-state index contributed by atoms with van der Waals surface area (Å²) < 4.78 is 14.1. The van der Waals surface area contributed by atoms with Crippen molar-refractivity contribution in [2.24, 2.45) is 0 Å². The summed E-state index contributed by atoms with van der Waals surface area (Å²) in [5.74, 6) is -0.862. The molecule has 2 aromatic carbocycles. The minimum Gasteiger partial charge on any atom is -0.354 e. The Balaban J connectivity index is 2.16. The fourth-order valence-corrected chi connectivity index (χ4v) is 3.11. The van der Waals surface area contributed by atoms with Crippen LogP contribution in [-0.2, 0) is 22.6 Å². The number of carbonyl (C=O) groups excluding carboxylic acids is 2. The van der Waals surface area contributed by atoms with Crippen LogP contribution in [0.1, 0.15) is 37.8 Å². The molecule has 6 heteroatoms. The monoisotopic (exact) mass is 404 g/mol. The smallest absolute Gasteiger partial charge is 0.242 e. The van der Waals surface area contributed by atoms with Crippen LogP contribution in [0.2, 0.25) is 5.02 Å². The van der Waals surface area contributed by atoms with Gasteiger partial charge < -0.3 is 10.2 Å². The Kier molecular flexibility index (Phi) is 8.45. The van der Waals surface area contributed by atoms with Gasteiger partial charge >= 0.3 is 0 Å². The standard InChI is InChI=1S/C22H26ClFN2O2/c1-3-14-25-22(28)16(2)26(15-18-9-5-7-11-20(18)24)21(27)13-12-17-8-4-6-10-19(17)23/h4-11,16H,3,12-15H2,1-2H3,(H,25,28). The van der Waals surface area contributed by atoms with Gasteiger partial charge in [-0.25, -0.2) is 4.39 Å². The molecule has 150 valence electrons. The molecular formula is C22H26ClFN2O2. The van der Waals surface area contributed by atoms with E-state index < -0.39 is 11.9 Å². The van der Waals surface area contributed by atoms with Crippen molar-refractivity contribution in [1.82, 2.24) is 10.2 Å². The maximum absolute atomic E-state index is 14.1. The first-order valence-corrected chi connectivity index (χ1v) is 9.85. The number of benzene rings is 2. The van der Waals surface area contributed by atoms with Gasteiger partial charge in [0.15, 0.2) is 0 Å². The predicted octanol–water partition coefficient (Wildman–Crippen LogP) is 4.36. The SMILES string of the molecule is CCCNC(=O)C(C)N(Cc1ccccc1F)C(=O)CCc1ccccc1Cl. The minimum absolute atomic E-state index is 0.0364. The van der Waals surface area contributed by atoms with E-state index >= 15 is 0 Å². The van der Waals surface area contributed by atoms with Gasteiger partial charge in [0.25, 0.3) is 0 Å². The number of rotatable bonds is 9. The number of aryl methyl sites for hydroxylation is 1. The zero-order valence-electron chi connectivity index (χ0n) is 16.3. The van der Waals surface area contributed by atoms with E-state index in [9.17, 15) is 14.0 Å². The van der Waals surface area contributed by atoms with Crippen molar-refractivity contribution in [3.05, 3.63) is 70.5 Å². The number of halogens is 2. The molecule has 0 bridgehead atoms. The molecule has 1 unspecified atom stereocenters. The van der Waals surface area contributed by atoms with Crippen LogP contribution < -0.4 is 5.32 Å². The second kappa shape index (κ2) is 10.8.